The Hall–Kier alpha value is -2.57. The highest BCUT2D eigenvalue weighted by atomic mass is 31.2. The van der Waals surface area contributed by atoms with Crippen LogP contribution in [-0.4, -0.2) is 35.0 Å². The van der Waals surface area contributed by atoms with E-state index in [4.69, 9.17) is 9.05 Å². The van der Waals surface area contributed by atoms with Crippen LogP contribution < -0.4 is 5.32 Å². The lowest BCUT2D eigenvalue weighted by atomic mass is 9.95. The minimum absolute atomic E-state index is 0.00751. The second-order valence-corrected chi connectivity index (χ2v) is 8.78. The number of amides is 1. The van der Waals surface area contributed by atoms with Crippen LogP contribution in [0.15, 0.2) is 60.8 Å². The molecule has 1 amide bonds. The molecule has 8 heteroatoms. The molecule has 164 valence electrons. The van der Waals surface area contributed by atoms with E-state index in [0.717, 1.165) is 27.6 Å². The van der Waals surface area contributed by atoms with E-state index >= 15 is 0 Å². The Bertz CT molecular complexity index is 1070. The van der Waals surface area contributed by atoms with Crippen LogP contribution in [0.2, 0.25) is 0 Å². The highest BCUT2D eigenvalue weighted by Gasteiger charge is 2.22. The van der Waals surface area contributed by atoms with Crippen LogP contribution in [0.3, 0.4) is 0 Å². The van der Waals surface area contributed by atoms with Crippen molar-refractivity contribution in [2.24, 2.45) is 0 Å². The summed E-state index contributed by atoms with van der Waals surface area (Å²) in [6.45, 7) is 3.63. The summed E-state index contributed by atoms with van der Waals surface area (Å²) in [5, 5.41) is 3.82. The quantitative estimate of drug-likeness (QED) is 0.355. The zero-order chi connectivity index (χ0) is 22.3. The van der Waals surface area contributed by atoms with Crippen molar-refractivity contribution in [1.29, 1.82) is 0 Å². The third-order valence-corrected chi connectivity index (χ3v) is 5.71. The van der Waals surface area contributed by atoms with Gasteiger partial charge in [-0.25, -0.2) is 4.57 Å². The standard InChI is InChI=1S/C23H27N2O5P/c1-17(2)30-31(27,28)29-14-8-13-24-22(26)15-19-16-25-21-12-7-6-11-20(21)23(19)18-9-4-3-5-10-18/h3-7,9-12,16-17H,8,13-15H2,1-2H3,(H,24,26)(H,27,28). The topological polar surface area (TPSA) is 97.8 Å². The Morgan fingerprint density at radius 1 is 1.13 bits per heavy atom. The van der Waals surface area contributed by atoms with Gasteiger partial charge in [-0.05, 0) is 43.0 Å². The van der Waals surface area contributed by atoms with Crippen molar-refractivity contribution in [2.75, 3.05) is 13.2 Å². The minimum atomic E-state index is -4.05. The van der Waals surface area contributed by atoms with Gasteiger partial charge in [-0.2, -0.15) is 0 Å². The second-order valence-electron chi connectivity index (χ2n) is 7.38. The number of fused-ring (bicyclic) bond motifs is 1. The summed E-state index contributed by atoms with van der Waals surface area (Å²) < 4.78 is 21.4. The Kier molecular flexibility index (Phi) is 7.93. The summed E-state index contributed by atoms with van der Waals surface area (Å²) in [6.07, 6.45) is 1.90. The number of pyridine rings is 1. The second kappa shape index (κ2) is 10.6. The molecular formula is C23H27N2O5P. The van der Waals surface area contributed by atoms with Crippen LogP contribution in [-0.2, 0) is 24.8 Å². The third-order valence-electron chi connectivity index (χ3n) is 4.51. The SMILES string of the molecule is CC(C)OP(=O)(O)OCCCNC(=O)Cc1cnc2ccccc2c1-c1ccccc1. The maximum atomic E-state index is 12.5. The number of para-hydroxylation sites is 1. The van der Waals surface area contributed by atoms with Gasteiger partial charge in [0.05, 0.1) is 24.6 Å². The molecule has 0 bridgehead atoms. The molecule has 31 heavy (non-hydrogen) atoms. The molecule has 1 unspecified atom stereocenters. The van der Waals surface area contributed by atoms with Gasteiger partial charge >= 0.3 is 7.82 Å². The number of phosphoric acid groups is 1. The Balaban J connectivity index is 1.63. The van der Waals surface area contributed by atoms with E-state index in [1.54, 1.807) is 20.0 Å². The fraction of sp³-hybridized carbons (Fsp3) is 0.304. The number of nitrogens with zero attached hydrogens (tertiary/aromatic N) is 1. The number of rotatable bonds is 10. The fourth-order valence-corrected chi connectivity index (χ4v) is 4.23. The predicted molar refractivity (Wildman–Crippen MR) is 121 cm³/mol. The fourth-order valence-electron chi connectivity index (χ4n) is 3.27. The van der Waals surface area contributed by atoms with Gasteiger partial charge in [0.1, 0.15) is 0 Å². The number of nitrogens with one attached hydrogen (secondary N) is 1. The van der Waals surface area contributed by atoms with E-state index in [9.17, 15) is 14.3 Å². The van der Waals surface area contributed by atoms with Gasteiger partial charge in [-0.3, -0.25) is 18.8 Å². The van der Waals surface area contributed by atoms with Gasteiger partial charge in [0.25, 0.3) is 0 Å². The van der Waals surface area contributed by atoms with Crippen molar-refractivity contribution in [3.63, 3.8) is 0 Å². The average Bonchev–Trinajstić information content (AvgIpc) is 2.73. The molecular weight excluding hydrogens is 415 g/mol. The predicted octanol–water partition coefficient (Wildman–Crippen LogP) is 4.49. The number of hydrogen-bond donors (Lipinski definition) is 2. The average molecular weight is 442 g/mol. The summed E-state index contributed by atoms with van der Waals surface area (Å²) in [5.41, 5.74) is 3.74. The Morgan fingerprint density at radius 2 is 1.84 bits per heavy atom. The van der Waals surface area contributed by atoms with Crippen LogP contribution in [0, 0.1) is 0 Å². The molecule has 2 N–H and O–H groups in total. The molecule has 0 saturated heterocycles. The van der Waals surface area contributed by atoms with Gasteiger partial charge in [-0.15, -0.1) is 0 Å². The largest absolute Gasteiger partial charge is 0.472 e. The van der Waals surface area contributed by atoms with E-state index in [-0.39, 0.29) is 18.9 Å². The smallest absolute Gasteiger partial charge is 0.356 e. The Labute approximate surface area is 182 Å². The van der Waals surface area contributed by atoms with Crippen molar-refractivity contribution < 1.29 is 23.3 Å². The molecule has 0 radical (unpaired) electrons. The first kappa shape index (κ1) is 23.1. The van der Waals surface area contributed by atoms with Crippen LogP contribution in [0.5, 0.6) is 0 Å². The first-order valence-electron chi connectivity index (χ1n) is 10.2. The number of carbonyl (C=O) groups excluding carboxylic acids is 1. The molecule has 1 aromatic heterocycles. The van der Waals surface area contributed by atoms with E-state index in [1.807, 2.05) is 54.6 Å². The van der Waals surface area contributed by atoms with Crippen LogP contribution >= 0.6 is 7.82 Å². The van der Waals surface area contributed by atoms with E-state index in [1.165, 1.54) is 0 Å². The van der Waals surface area contributed by atoms with E-state index < -0.39 is 13.9 Å². The first-order valence-corrected chi connectivity index (χ1v) is 11.7. The van der Waals surface area contributed by atoms with Crippen molar-refractivity contribution in [2.45, 2.75) is 32.8 Å². The van der Waals surface area contributed by atoms with Crippen molar-refractivity contribution in [3.05, 3.63) is 66.4 Å². The van der Waals surface area contributed by atoms with Crippen LogP contribution in [0.1, 0.15) is 25.8 Å². The molecule has 0 aliphatic heterocycles. The number of carbonyl (C=O) groups is 1. The molecule has 0 fully saturated rings. The van der Waals surface area contributed by atoms with Crippen LogP contribution in [0.25, 0.3) is 22.0 Å². The molecule has 3 aromatic rings. The highest BCUT2D eigenvalue weighted by molar-refractivity contribution is 7.47. The molecule has 1 atom stereocenters. The lowest BCUT2D eigenvalue weighted by Crippen LogP contribution is -2.27. The molecule has 3 rings (SSSR count). The van der Waals surface area contributed by atoms with Gasteiger partial charge in [0.2, 0.25) is 5.91 Å². The first-order chi connectivity index (χ1) is 14.9. The number of aromatic nitrogens is 1. The zero-order valence-electron chi connectivity index (χ0n) is 17.7. The molecule has 2 aromatic carbocycles. The van der Waals surface area contributed by atoms with Crippen molar-refractivity contribution in [3.8, 4) is 11.1 Å². The van der Waals surface area contributed by atoms with Gasteiger partial charge in [-0.1, -0.05) is 48.5 Å². The van der Waals surface area contributed by atoms with Gasteiger partial charge < -0.3 is 10.2 Å². The number of hydrogen-bond acceptors (Lipinski definition) is 5. The van der Waals surface area contributed by atoms with Crippen molar-refractivity contribution in [1.82, 2.24) is 10.3 Å². The van der Waals surface area contributed by atoms with E-state index in [2.05, 4.69) is 10.3 Å². The summed E-state index contributed by atoms with van der Waals surface area (Å²) in [6, 6.07) is 17.8. The lowest BCUT2D eigenvalue weighted by Gasteiger charge is -2.15. The lowest BCUT2D eigenvalue weighted by molar-refractivity contribution is -0.120. The molecule has 1 heterocycles. The molecule has 0 saturated carbocycles. The summed E-state index contributed by atoms with van der Waals surface area (Å²) in [4.78, 5) is 26.6. The van der Waals surface area contributed by atoms with Crippen molar-refractivity contribution >= 4 is 24.6 Å². The molecule has 7 nitrogen and oxygen atoms in total. The van der Waals surface area contributed by atoms with Gasteiger partial charge in [0.15, 0.2) is 0 Å². The minimum Gasteiger partial charge on any atom is -0.356 e. The maximum Gasteiger partial charge on any atom is 0.472 e. The molecule has 0 aliphatic carbocycles. The summed E-state index contributed by atoms with van der Waals surface area (Å²) in [5.74, 6) is -0.153. The van der Waals surface area contributed by atoms with E-state index in [0.29, 0.717) is 13.0 Å². The van der Waals surface area contributed by atoms with Gasteiger partial charge in [0, 0.05) is 18.1 Å². The number of phosphoric ester groups is 1. The maximum absolute atomic E-state index is 12.5. The normalized spacial score (nSPS) is 13.3. The summed E-state index contributed by atoms with van der Waals surface area (Å²) >= 11 is 0. The molecule has 0 aliphatic rings. The van der Waals surface area contributed by atoms with Crippen LogP contribution in [0.4, 0.5) is 0 Å². The zero-order valence-corrected chi connectivity index (χ0v) is 18.5. The Morgan fingerprint density at radius 3 is 2.58 bits per heavy atom. The molecule has 0 spiro atoms. The number of benzene rings is 2. The monoisotopic (exact) mass is 442 g/mol. The highest BCUT2D eigenvalue weighted by Crippen LogP contribution is 2.44. The third kappa shape index (κ3) is 6.71. The summed E-state index contributed by atoms with van der Waals surface area (Å²) in [7, 11) is -4.05.